The predicted molar refractivity (Wildman–Crippen MR) is 94.8 cm³/mol. The van der Waals surface area contributed by atoms with E-state index in [2.05, 4.69) is 27.1 Å². The average molecular weight is 337 g/mol. The van der Waals surface area contributed by atoms with Gasteiger partial charge >= 0.3 is 0 Å². The number of piperidine rings is 1. The molecule has 1 aliphatic rings. The molecule has 1 fully saturated rings. The van der Waals surface area contributed by atoms with Gasteiger partial charge in [-0.3, -0.25) is 9.79 Å². The topological polar surface area (TPSA) is 83.6 Å². The van der Waals surface area contributed by atoms with E-state index in [0.29, 0.717) is 12.3 Å². The van der Waals surface area contributed by atoms with Gasteiger partial charge in [-0.15, -0.1) is 11.3 Å². The average Bonchev–Trinajstić information content (AvgIpc) is 2.81. The van der Waals surface area contributed by atoms with Gasteiger partial charge in [0.05, 0.1) is 10.7 Å². The highest BCUT2D eigenvalue weighted by molar-refractivity contribution is 7.11. The molecule has 0 aromatic carbocycles. The third-order valence-corrected chi connectivity index (χ3v) is 5.29. The second-order valence-corrected chi connectivity index (χ2v) is 7.38. The molecule has 23 heavy (non-hydrogen) atoms. The van der Waals surface area contributed by atoms with Crippen molar-refractivity contribution in [1.29, 1.82) is 0 Å². The SMILES string of the molecule is CN=C(NCCc1sc(C)nc1C)N1CCCC(CC(N)=O)C1. The molecule has 7 heteroatoms. The number of hydrogen-bond acceptors (Lipinski definition) is 4. The maximum Gasteiger partial charge on any atom is 0.217 e. The first kappa shape index (κ1) is 17.7. The van der Waals surface area contributed by atoms with Crippen LogP contribution in [0.2, 0.25) is 0 Å². The van der Waals surface area contributed by atoms with E-state index in [1.54, 1.807) is 11.3 Å². The van der Waals surface area contributed by atoms with Crippen molar-refractivity contribution in [3.05, 3.63) is 15.6 Å². The Bertz CT molecular complexity index is 569. The molecule has 0 saturated carbocycles. The van der Waals surface area contributed by atoms with E-state index in [-0.39, 0.29) is 5.91 Å². The molecule has 1 aromatic rings. The van der Waals surface area contributed by atoms with E-state index in [1.807, 2.05) is 14.0 Å². The molecule has 1 atom stereocenters. The fraction of sp³-hybridized carbons (Fsp3) is 0.688. The van der Waals surface area contributed by atoms with Gasteiger partial charge in [0.25, 0.3) is 0 Å². The van der Waals surface area contributed by atoms with E-state index in [1.165, 1.54) is 4.88 Å². The summed E-state index contributed by atoms with van der Waals surface area (Å²) < 4.78 is 0. The van der Waals surface area contributed by atoms with Crippen LogP contribution in [-0.2, 0) is 11.2 Å². The lowest BCUT2D eigenvalue weighted by Crippen LogP contribution is -2.47. The lowest BCUT2D eigenvalue weighted by Gasteiger charge is -2.34. The minimum absolute atomic E-state index is 0.212. The Kier molecular flexibility index (Phi) is 6.38. The van der Waals surface area contributed by atoms with Crippen molar-refractivity contribution < 1.29 is 4.79 Å². The number of nitrogens with two attached hydrogens (primary N) is 1. The highest BCUT2D eigenvalue weighted by Crippen LogP contribution is 2.20. The molecule has 6 nitrogen and oxygen atoms in total. The van der Waals surface area contributed by atoms with Crippen LogP contribution < -0.4 is 11.1 Å². The number of primary amides is 1. The molecule has 3 N–H and O–H groups in total. The van der Waals surface area contributed by atoms with Crippen LogP contribution in [0.4, 0.5) is 0 Å². The van der Waals surface area contributed by atoms with Crippen LogP contribution in [-0.4, -0.2) is 48.4 Å². The number of rotatable bonds is 5. The molecule has 0 radical (unpaired) electrons. The summed E-state index contributed by atoms with van der Waals surface area (Å²) in [7, 11) is 1.81. The summed E-state index contributed by atoms with van der Waals surface area (Å²) in [6.45, 7) is 6.77. The van der Waals surface area contributed by atoms with Gasteiger partial charge in [-0.25, -0.2) is 4.98 Å². The minimum Gasteiger partial charge on any atom is -0.370 e. The van der Waals surface area contributed by atoms with Crippen LogP contribution in [0.5, 0.6) is 0 Å². The first-order valence-corrected chi connectivity index (χ1v) is 8.98. The summed E-state index contributed by atoms with van der Waals surface area (Å²) in [6, 6.07) is 0. The quantitative estimate of drug-likeness (QED) is 0.629. The zero-order valence-corrected chi connectivity index (χ0v) is 15.1. The second-order valence-electron chi connectivity index (χ2n) is 6.09. The molecule has 0 spiro atoms. The molecule has 1 unspecified atom stereocenters. The van der Waals surface area contributed by atoms with E-state index < -0.39 is 0 Å². The Morgan fingerprint density at radius 1 is 1.52 bits per heavy atom. The van der Waals surface area contributed by atoms with Crippen molar-refractivity contribution in [2.75, 3.05) is 26.7 Å². The van der Waals surface area contributed by atoms with Crippen molar-refractivity contribution in [3.63, 3.8) is 0 Å². The van der Waals surface area contributed by atoms with Crippen LogP contribution >= 0.6 is 11.3 Å². The van der Waals surface area contributed by atoms with Crippen LogP contribution in [0, 0.1) is 19.8 Å². The van der Waals surface area contributed by atoms with E-state index >= 15 is 0 Å². The number of aryl methyl sites for hydroxylation is 2. The summed E-state index contributed by atoms with van der Waals surface area (Å²) in [4.78, 5) is 23.5. The van der Waals surface area contributed by atoms with Gasteiger partial charge in [-0.1, -0.05) is 0 Å². The number of nitrogens with one attached hydrogen (secondary N) is 1. The monoisotopic (exact) mass is 337 g/mol. The summed E-state index contributed by atoms with van der Waals surface area (Å²) in [6.07, 6.45) is 3.56. The Hall–Kier alpha value is -1.63. The van der Waals surface area contributed by atoms with Crippen molar-refractivity contribution in [2.24, 2.45) is 16.6 Å². The standard InChI is InChI=1S/C16H27N5OS/c1-11-14(23-12(2)20-11)6-7-19-16(18-3)21-8-4-5-13(10-21)9-15(17)22/h13H,4-10H2,1-3H3,(H2,17,22)(H,18,19). The van der Waals surface area contributed by atoms with Crippen LogP contribution in [0.15, 0.2) is 4.99 Å². The zero-order valence-electron chi connectivity index (χ0n) is 14.3. The van der Waals surface area contributed by atoms with E-state index in [9.17, 15) is 4.79 Å². The third-order valence-electron chi connectivity index (χ3n) is 4.15. The number of guanidine groups is 1. The third kappa shape index (κ3) is 5.20. The first-order chi connectivity index (χ1) is 11.0. The molecule has 0 bridgehead atoms. The molecule has 1 aliphatic heterocycles. The fourth-order valence-corrected chi connectivity index (χ4v) is 4.07. The number of likely N-dealkylation sites (tertiary alicyclic amines) is 1. The Morgan fingerprint density at radius 3 is 2.91 bits per heavy atom. The minimum atomic E-state index is -0.212. The number of amides is 1. The van der Waals surface area contributed by atoms with Crippen LogP contribution in [0.1, 0.15) is 34.8 Å². The number of nitrogens with zero attached hydrogens (tertiary/aromatic N) is 3. The molecule has 2 heterocycles. The predicted octanol–water partition coefficient (Wildman–Crippen LogP) is 1.47. The molecule has 1 amide bonds. The largest absolute Gasteiger partial charge is 0.370 e. The number of hydrogen-bond donors (Lipinski definition) is 2. The number of thiazole rings is 1. The molecule has 1 saturated heterocycles. The van der Waals surface area contributed by atoms with Gasteiger partial charge in [0, 0.05) is 44.4 Å². The maximum absolute atomic E-state index is 11.1. The van der Waals surface area contributed by atoms with Crippen molar-refractivity contribution in [2.45, 2.75) is 39.5 Å². The molecule has 0 aliphatic carbocycles. The lowest BCUT2D eigenvalue weighted by molar-refractivity contribution is -0.119. The highest BCUT2D eigenvalue weighted by atomic mass is 32.1. The lowest BCUT2D eigenvalue weighted by atomic mass is 9.95. The molecule has 1 aromatic heterocycles. The summed E-state index contributed by atoms with van der Waals surface area (Å²) in [5, 5.41) is 4.55. The molecular weight excluding hydrogens is 310 g/mol. The summed E-state index contributed by atoms with van der Waals surface area (Å²) in [5.74, 6) is 1.04. The van der Waals surface area contributed by atoms with Gasteiger partial charge in [-0.2, -0.15) is 0 Å². The number of aromatic nitrogens is 1. The van der Waals surface area contributed by atoms with E-state index in [4.69, 9.17) is 5.73 Å². The van der Waals surface area contributed by atoms with Crippen molar-refractivity contribution in [1.82, 2.24) is 15.2 Å². The van der Waals surface area contributed by atoms with Gasteiger partial charge < -0.3 is 16.0 Å². The Balaban J connectivity index is 1.85. The normalized spacial score (nSPS) is 19.0. The number of carbonyl (C=O) groups excluding carboxylic acids is 1. The zero-order chi connectivity index (χ0) is 16.8. The fourth-order valence-electron chi connectivity index (χ4n) is 3.13. The highest BCUT2D eigenvalue weighted by Gasteiger charge is 2.23. The van der Waals surface area contributed by atoms with Gasteiger partial charge in [0.15, 0.2) is 5.96 Å². The molecule has 128 valence electrons. The van der Waals surface area contributed by atoms with Gasteiger partial charge in [-0.05, 0) is 32.6 Å². The van der Waals surface area contributed by atoms with Gasteiger partial charge in [0.1, 0.15) is 0 Å². The Labute approximate surface area is 142 Å². The Morgan fingerprint density at radius 2 is 2.30 bits per heavy atom. The van der Waals surface area contributed by atoms with Gasteiger partial charge in [0.2, 0.25) is 5.91 Å². The van der Waals surface area contributed by atoms with Crippen molar-refractivity contribution in [3.8, 4) is 0 Å². The van der Waals surface area contributed by atoms with Crippen LogP contribution in [0.3, 0.4) is 0 Å². The summed E-state index contributed by atoms with van der Waals surface area (Å²) >= 11 is 1.76. The summed E-state index contributed by atoms with van der Waals surface area (Å²) in [5.41, 5.74) is 6.46. The van der Waals surface area contributed by atoms with E-state index in [0.717, 1.165) is 55.6 Å². The second kappa shape index (κ2) is 8.29. The number of carbonyl (C=O) groups is 1. The smallest absolute Gasteiger partial charge is 0.217 e. The molecular formula is C16H27N5OS. The van der Waals surface area contributed by atoms with Crippen LogP contribution in [0.25, 0.3) is 0 Å². The number of aliphatic imine (C=N–C) groups is 1. The maximum atomic E-state index is 11.1. The molecule has 2 rings (SSSR count). The van der Waals surface area contributed by atoms with Crippen molar-refractivity contribution >= 4 is 23.2 Å². The first-order valence-electron chi connectivity index (χ1n) is 8.16.